The lowest BCUT2D eigenvalue weighted by Crippen LogP contribution is -3.07. The molecule has 3 aromatic rings. The van der Waals surface area contributed by atoms with Crippen LogP contribution in [0, 0.1) is 0 Å². The molecule has 0 bridgehead atoms. The summed E-state index contributed by atoms with van der Waals surface area (Å²) in [6.45, 7) is 0.937. The van der Waals surface area contributed by atoms with Gasteiger partial charge in [0.1, 0.15) is 35.7 Å². The minimum atomic E-state index is -0.872. The van der Waals surface area contributed by atoms with Gasteiger partial charge in [-0.25, -0.2) is 0 Å². The molecule has 10 heteroatoms. The monoisotopic (exact) mass is 577 g/mol. The fraction of sp³-hybridized carbons (Fsp3) is 0.375. The second-order valence-electron chi connectivity index (χ2n) is 11.1. The molecule has 3 aromatic carbocycles. The highest BCUT2D eigenvalue weighted by Crippen LogP contribution is 2.53. The van der Waals surface area contributed by atoms with Crippen molar-refractivity contribution in [2.45, 2.75) is 43.5 Å². The molecule has 0 spiro atoms. The van der Waals surface area contributed by atoms with Crippen molar-refractivity contribution in [1.82, 2.24) is 5.32 Å². The Bertz CT molecular complexity index is 1490. The molecule has 6 rings (SSSR count). The molecule has 222 valence electrons. The highest BCUT2D eigenvalue weighted by molar-refractivity contribution is 5.83. The molecule has 0 aromatic heterocycles. The van der Waals surface area contributed by atoms with Gasteiger partial charge >= 0.3 is 0 Å². The molecule has 42 heavy (non-hydrogen) atoms. The number of quaternary nitrogens is 1. The summed E-state index contributed by atoms with van der Waals surface area (Å²) >= 11 is 0. The van der Waals surface area contributed by atoms with Crippen molar-refractivity contribution in [3.63, 3.8) is 0 Å². The van der Waals surface area contributed by atoms with Crippen molar-refractivity contribution >= 4 is 0 Å². The Hall–Kier alpha value is -3.96. The molecule has 0 saturated carbocycles. The number of ether oxygens (including phenoxy) is 3. The third-order valence-corrected chi connectivity index (χ3v) is 8.46. The maximum absolute atomic E-state index is 11.4. The number of hydrogen-bond donors (Lipinski definition) is 7. The molecule has 4 atom stereocenters. The number of aliphatic hydroxyl groups excluding tert-OH is 3. The van der Waals surface area contributed by atoms with E-state index in [0.29, 0.717) is 29.9 Å². The van der Waals surface area contributed by atoms with Crippen molar-refractivity contribution in [3.05, 3.63) is 77.1 Å². The topological polar surface area (TPSA) is 145 Å². The van der Waals surface area contributed by atoms with Crippen LogP contribution in [0.15, 0.2) is 54.9 Å². The molecule has 2 aliphatic heterocycles. The number of benzene rings is 3. The number of aliphatic hydroxyl groups is 3. The molecular weight excluding hydrogens is 540 g/mol. The van der Waals surface area contributed by atoms with E-state index in [2.05, 4.69) is 11.5 Å². The van der Waals surface area contributed by atoms with Gasteiger partial charge in [0.15, 0.2) is 18.2 Å². The number of hydrogen-bond acceptors (Lipinski definition) is 9. The van der Waals surface area contributed by atoms with Gasteiger partial charge in [-0.15, -0.1) is 0 Å². The Kier molecular flexibility index (Phi) is 7.87. The molecule has 2 heterocycles. The van der Waals surface area contributed by atoms with Crippen LogP contribution in [0.4, 0.5) is 0 Å². The number of rotatable bonds is 9. The smallest absolute Gasteiger partial charge is 0.160 e. The van der Waals surface area contributed by atoms with Crippen LogP contribution in [0.1, 0.15) is 40.7 Å². The number of fused-ring (bicyclic) bond motifs is 5. The molecule has 10 nitrogen and oxygen atoms in total. The average Bonchev–Trinajstić information content (AvgIpc) is 3.52. The second-order valence-corrected chi connectivity index (χ2v) is 11.1. The Morgan fingerprint density at radius 2 is 1.88 bits per heavy atom. The fourth-order valence-electron chi connectivity index (χ4n) is 6.40. The normalized spacial score (nSPS) is 22.1. The maximum Gasteiger partial charge on any atom is 0.160 e. The molecule has 0 radical (unpaired) electrons. The van der Waals surface area contributed by atoms with Gasteiger partial charge in [0.2, 0.25) is 0 Å². The van der Waals surface area contributed by atoms with E-state index in [1.807, 2.05) is 12.3 Å². The minimum Gasteiger partial charge on any atom is -0.508 e. The van der Waals surface area contributed by atoms with E-state index in [1.165, 1.54) is 18.1 Å². The number of phenols is 2. The Morgan fingerprint density at radius 3 is 2.62 bits per heavy atom. The van der Waals surface area contributed by atoms with Crippen molar-refractivity contribution in [2.24, 2.45) is 0 Å². The first-order valence-electron chi connectivity index (χ1n) is 14.3. The summed E-state index contributed by atoms with van der Waals surface area (Å²) in [7, 11) is 1.47. The van der Waals surface area contributed by atoms with E-state index in [1.54, 1.807) is 30.3 Å². The summed E-state index contributed by atoms with van der Waals surface area (Å²) in [6, 6.07) is 12.0. The number of nitrogens with one attached hydrogen (secondary N) is 2. The summed E-state index contributed by atoms with van der Waals surface area (Å²) in [5.41, 5.74) is 5.29. The van der Waals surface area contributed by atoms with Crippen LogP contribution < -0.4 is 24.4 Å². The van der Waals surface area contributed by atoms with E-state index < -0.39 is 18.3 Å². The average molecular weight is 578 g/mol. The van der Waals surface area contributed by atoms with Gasteiger partial charge < -0.3 is 45.1 Å². The summed E-state index contributed by atoms with van der Waals surface area (Å²) in [6.07, 6.45) is 3.48. The lowest BCUT2D eigenvalue weighted by molar-refractivity contribution is -0.843. The molecule has 7 N–H and O–H groups in total. The maximum atomic E-state index is 11.4. The third-order valence-electron chi connectivity index (χ3n) is 8.46. The zero-order chi connectivity index (χ0) is 29.4. The highest BCUT2D eigenvalue weighted by Gasteiger charge is 2.39. The van der Waals surface area contributed by atoms with Crippen molar-refractivity contribution < 1.29 is 44.6 Å². The second kappa shape index (κ2) is 11.7. The van der Waals surface area contributed by atoms with Crippen LogP contribution in [-0.4, -0.2) is 71.3 Å². The zero-order valence-electron chi connectivity index (χ0n) is 23.4. The Balaban J connectivity index is 1.49. The SMILES string of the molecule is COc1cc([C@H]2Oc3cc(OC(CO)CO)c4c(c3C[C@H]2O)[C@@H](CC[NH+]2C=CNC2)Cc2cc(O)ccc2-4)ccc1O. The number of aromatic hydroxyl groups is 2. The number of phenolic OH excluding ortho intramolecular Hbond substituents is 2. The molecule has 0 amide bonds. The summed E-state index contributed by atoms with van der Waals surface area (Å²) < 4.78 is 18.0. The highest BCUT2D eigenvalue weighted by atomic mass is 16.5. The molecule has 3 aliphatic rings. The van der Waals surface area contributed by atoms with Crippen LogP contribution in [0.5, 0.6) is 28.7 Å². The van der Waals surface area contributed by atoms with Crippen LogP contribution in [0.2, 0.25) is 0 Å². The van der Waals surface area contributed by atoms with E-state index in [-0.39, 0.29) is 36.4 Å². The summed E-state index contributed by atoms with van der Waals surface area (Å²) in [5, 5.41) is 54.9. The van der Waals surface area contributed by atoms with Crippen molar-refractivity contribution in [2.75, 3.05) is 33.5 Å². The van der Waals surface area contributed by atoms with Gasteiger partial charge in [-0.1, -0.05) is 12.1 Å². The quantitative estimate of drug-likeness (QED) is 0.201. The van der Waals surface area contributed by atoms with Crippen LogP contribution in [0.25, 0.3) is 11.1 Å². The van der Waals surface area contributed by atoms with Gasteiger partial charge in [0.25, 0.3) is 0 Å². The Morgan fingerprint density at radius 1 is 1.05 bits per heavy atom. The zero-order valence-corrected chi connectivity index (χ0v) is 23.4. The molecular formula is C32H37N2O8+. The predicted octanol–water partition coefficient (Wildman–Crippen LogP) is 1.49. The van der Waals surface area contributed by atoms with Crippen molar-refractivity contribution in [3.8, 4) is 39.9 Å². The number of methoxy groups -OCH3 is 1. The van der Waals surface area contributed by atoms with E-state index >= 15 is 0 Å². The first-order valence-corrected chi connectivity index (χ1v) is 14.3. The van der Waals surface area contributed by atoms with Gasteiger partial charge in [0.05, 0.1) is 39.2 Å². The van der Waals surface area contributed by atoms with Crippen molar-refractivity contribution in [1.29, 1.82) is 0 Å². The van der Waals surface area contributed by atoms with Crippen LogP contribution in [-0.2, 0) is 12.8 Å². The first-order chi connectivity index (χ1) is 20.4. The molecule has 1 aliphatic carbocycles. The Labute approximate surface area is 244 Å². The summed E-state index contributed by atoms with van der Waals surface area (Å²) in [5.74, 6) is 1.52. The lowest BCUT2D eigenvalue weighted by atomic mass is 9.73. The minimum absolute atomic E-state index is 0.00604. The van der Waals surface area contributed by atoms with Gasteiger partial charge in [-0.2, -0.15) is 0 Å². The summed E-state index contributed by atoms with van der Waals surface area (Å²) in [4.78, 5) is 1.30. The lowest BCUT2D eigenvalue weighted by Gasteiger charge is -2.38. The molecule has 0 fully saturated rings. The van der Waals surface area contributed by atoms with Gasteiger partial charge in [0, 0.05) is 30.0 Å². The molecule has 1 unspecified atom stereocenters. The van der Waals surface area contributed by atoms with E-state index in [4.69, 9.17) is 14.2 Å². The van der Waals surface area contributed by atoms with Crippen LogP contribution >= 0.6 is 0 Å². The molecule has 0 saturated heterocycles. The van der Waals surface area contributed by atoms with Gasteiger partial charge in [-0.05, 0) is 58.9 Å². The fourth-order valence-corrected chi connectivity index (χ4v) is 6.40. The standard InChI is InChI=1S/C32H36N2O8/c1-40-28-12-19(2-5-25(28)38)32-26(39)13-24-27(42-32)14-29(41-22(15-35)16-36)31-23-4-3-21(37)11-20(23)10-18(30(24)31)6-8-34-9-7-33-17-34/h2-5,7,9,11-12,14,18,22,26,32-33,35-39H,6,8,10,13,15-17H2,1H3/p+1/t18-,26+,32+/m0/s1. The van der Waals surface area contributed by atoms with E-state index in [9.17, 15) is 25.5 Å². The third kappa shape index (κ3) is 5.22. The van der Waals surface area contributed by atoms with E-state index in [0.717, 1.165) is 47.5 Å². The first kappa shape index (κ1) is 28.2. The van der Waals surface area contributed by atoms with Gasteiger partial charge in [-0.3, -0.25) is 4.90 Å². The van der Waals surface area contributed by atoms with Crippen LogP contribution in [0.3, 0.4) is 0 Å². The largest absolute Gasteiger partial charge is 0.508 e. The predicted molar refractivity (Wildman–Crippen MR) is 154 cm³/mol.